The SMILES string of the molecule is CC.O=C1c2c(c(OC(c3ccccc3)c3ccccc3)c3ncccc3c2OS(=O)(=O)C(F)(F)F)C(=O)N1Cc1ccc(F)cc1. The van der Waals surface area contributed by atoms with Crippen LogP contribution in [0.15, 0.2) is 103 Å². The molecule has 8 nitrogen and oxygen atoms in total. The Morgan fingerprint density at radius 2 is 1.30 bits per heavy atom. The van der Waals surface area contributed by atoms with Gasteiger partial charge in [-0.15, -0.1) is 0 Å². The van der Waals surface area contributed by atoms with Gasteiger partial charge < -0.3 is 8.92 Å². The van der Waals surface area contributed by atoms with Crippen LogP contribution in [0.3, 0.4) is 0 Å². The molecule has 2 heterocycles. The van der Waals surface area contributed by atoms with Crippen LogP contribution < -0.4 is 8.92 Å². The molecule has 1 aliphatic heterocycles. The molecule has 0 saturated heterocycles. The fourth-order valence-corrected chi connectivity index (χ4v) is 5.48. The highest BCUT2D eigenvalue weighted by molar-refractivity contribution is 7.88. The predicted octanol–water partition coefficient (Wildman–Crippen LogP) is 7.59. The molecule has 0 spiro atoms. The molecule has 0 radical (unpaired) electrons. The lowest BCUT2D eigenvalue weighted by atomic mass is 9.99. The van der Waals surface area contributed by atoms with E-state index in [9.17, 15) is 35.6 Å². The molecule has 13 heteroatoms. The van der Waals surface area contributed by atoms with Crippen molar-refractivity contribution in [2.45, 2.75) is 32.0 Å². The topological polar surface area (TPSA) is 103 Å². The number of carbonyl (C=O) groups excluding carboxylic acids is 2. The molecule has 0 N–H and O–H groups in total. The van der Waals surface area contributed by atoms with Gasteiger partial charge in [-0.05, 0) is 41.0 Å². The van der Waals surface area contributed by atoms with Gasteiger partial charge in [0.25, 0.3) is 11.8 Å². The number of rotatable bonds is 8. The Balaban J connectivity index is 0.00000213. The summed E-state index contributed by atoms with van der Waals surface area (Å²) >= 11 is 0. The molecular formula is C34H26F4N2O6S. The minimum absolute atomic E-state index is 0.217. The normalized spacial score (nSPS) is 13.0. The number of benzene rings is 4. The van der Waals surface area contributed by atoms with Crippen molar-refractivity contribution in [3.63, 3.8) is 0 Å². The fraction of sp³-hybridized carbons (Fsp3) is 0.147. The van der Waals surface area contributed by atoms with E-state index in [-0.39, 0.29) is 16.7 Å². The fourth-order valence-electron chi connectivity index (χ4n) is 5.00. The van der Waals surface area contributed by atoms with Crippen molar-refractivity contribution in [1.82, 2.24) is 9.88 Å². The number of amides is 2. The van der Waals surface area contributed by atoms with Crippen LogP contribution in [-0.4, -0.2) is 35.6 Å². The summed E-state index contributed by atoms with van der Waals surface area (Å²) < 4.78 is 89.7. The van der Waals surface area contributed by atoms with Gasteiger partial charge in [0.1, 0.15) is 28.6 Å². The molecule has 6 rings (SSSR count). The number of imide groups is 1. The zero-order chi connectivity index (χ0) is 33.9. The number of pyridine rings is 1. The second-order valence-corrected chi connectivity index (χ2v) is 11.5. The van der Waals surface area contributed by atoms with Crippen molar-refractivity contribution in [2.24, 2.45) is 0 Å². The lowest BCUT2D eigenvalue weighted by Gasteiger charge is -2.23. The first-order chi connectivity index (χ1) is 22.5. The van der Waals surface area contributed by atoms with Gasteiger partial charge in [-0.25, -0.2) is 4.39 Å². The van der Waals surface area contributed by atoms with Crippen LogP contribution in [0, 0.1) is 5.82 Å². The third-order valence-corrected chi connectivity index (χ3v) is 8.01. The average Bonchev–Trinajstić information content (AvgIpc) is 3.31. The Morgan fingerprint density at radius 3 is 1.83 bits per heavy atom. The number of nitrogens with zero attached hydrogens (tertiary/aromatic N) is 2. The molecule has 0 atom stereocenters. The minimum Gasteiger partial charge on any atom is -0.478 e. The van der Waals surface area contributed by atoms with Crippen LogP contribution in [0.1, 0.15) is 57.4 Å². The lowest BCUT2D eigenvalue weighted by Crippen LogP contribution is -2.30. The zero-order valence-electron chi connectivity index (χ0n) is 24.9. The van der Waals surface area contributed by atoms with Crippen molar-refractivity contribution in [2.75, 3.05) is 0 Å². The van der Waals surface area contributed by atoms with E-state index in [1.54, 1.807) is 60.7 Å². The number of fused-ring (bicyclic) bond motifs is 2. The first-order valence-corrected chi connectivity index (χ1v) is 15.7. The summed E-state index contributed by atoms with van der Waals surface area (Å²) in [5.74, 6) is -4.01. The maximum atomic E-state index is 14.0. The Hall–Kier alpha value is -5.30. The molecule has 0 fully saturated rings. The summed E-state index contributed by atoms with van der Waals surface area (Å²) in [6, 6.07) is 25.0. The molecule has 1 aliphatic rings. The summed E-state index contributed by atoms with van der Waals surface area (Å²) in [7, 11) is -6.30. The van der Waals surface area contributed by atoms with E-state index >= 15 is 0 Å². The molecular weight excluding hydrogens is 640 g/mol. The van der Waals surface area contributed by atoms with Crippen LogP contribution in [0.4, 0.5) is 17.6 Å². The van der Waals surface area contributed by atoms with Crippen molar-refractivity contribution < 1.29 is 44.5 Å². The van der Waals surface area contributed by atoms with Gasteiger partial charge in [0.15, 0.2) is 11.5 Å². The van der Waals surface area contributed by atoms with Crippen LogP contribution in [-0.2, 0) is 16.7 Å². The predicted molar refractivity (Wildman–Crippen MR) is 165 cm³/mol. The van der Waals surface area contributed by atoms with Crippen LogP contribution >= 0.6 is 0 Å². The highest BCUT2D eigenvalue weighted by atomic mass is 32.2. The van der Waals surface area contributed by atoms with Crippen molar-refractivity contribution in [1.29, 1.82) is 0 Å². The summed E-state index contributed by atoms with van der Waals surface area (Å²) in [5, 5.41) is -0.316. The van der Waals surface area contributed by atoms with Gasteiger partial charge in [-0.2, -0.15) is 21.6 Å². The maximum absolute atomic E-state index is 14.0. The third kappa shape index (κ3) is 6.39. The smallest absolute Gasteiger partial charge is 0.478 e. The summed E-state index contributed by atoms with van der Waals surface area (Å²) in [5.41, 5.74) is -5.78. The highest BCUT2D eigenvalue weighted by Crippen LogP contribution is 2.47. The molecule has 0 unspecified atom stereocenters. The van der Waals surface area contributed by atoms with E-state index in [4.69, 9.17) is 4.74 Å². The van der Waals surface area contributed by atoms with E-state index in [1.165, 1.54) is 30.5 Å². The molecule has 0 saturated carbocycles. The molecule has 2 amide bonds. The number of aromatic nitrogens is 1. The Labute approximate surface area is 267 Å². The first-order valence-electron chi connectivity index (χ1n) is 14.3. The van der Waals surface area contributed by atoms with Gasteiger partial charge in [0, 0.05) is 11.6 Å². The second-order valence-electron chi connectivity index (χ2n) is 9.93. The van der Waals surface area contributed by atoms with Crippen LogP contribution in [0.2, 0.25) is 0 Å². The van der Waals surface area contributed by atoms with Gasteiger partial charge >= 0.3 is 15.6 Å². The van der Waals surface area contributed by atoms with E-state index in [1.807, 2.05) is 13.8 Å². The van der Waals surface area contributed by atoms with E-state index in [0.717, 1.165) is 12.1 Å². The molecule has 5 aromatic rings. The zero-order valence-corrected chi connectivity index (χ0v) is 25.7. The summed E-state index contributed by atoms with van der Waals surface area (Å²) in [4.78, 5) is 32.8. The minimum atomic E-state index is -6.30. The number of carbonyl (C=O) groups is 2. The van der Waals surface area contributed by atoms with Gasteiger partial charge in [-0.3, -0.25) is 19.5 Å². The summed E-state index contributed by atoms with van der Waals surface area (Å²) in [6.45, 7) is 3.59. The number of hydrogen-bond acceptors (Lipinski definition) is 7. The van der Waals surface area contributed by atoms with Gasteiger partial charge in [-0.1, -0.05) is 86.6 Å². The average molecular weight is 667 g/mol. The monoisotopic (exact) mass is 666 g/mol. The number of hydrogen-bond donors (Lipinski definition) is 0. The number of alkyl halides is 3. The summed E-state index contributed by atoms with van der Waals surface area (Å²) in [6.07, 6.45) is 0.364. The molecule has 0 bridgehead atoms. The Morgan fingerprint density at radius 1 is 0.766 bits per heavy atom. The molecule has 1 aromatic heterocycles. The largest absolute Gasteiger partial charge is 0.534 e. The lowest BCUT2D eigenvalue weighted by molar-refractivity contribution is -0.0499. The van der Waals surface area contributed by atoms with Crippen molar-refractivity contribution >= 4 is 32.8 Å². The van der Waals surface area contributed by atoms with Crippen LogP contribution in [0.25, 0.3) is 10.9 Å². The van der Waals surface area contributed by atoms with Crippen molar-refractivity contribution in [3.8, 4) is 11.5 Å². The number of ether oxygens (including phenoxy) is 1. The quantitative estimate of drug-likeness (QED) is 0.0728. The van der Waals surface area contributed by atoms with Gasteiger partial charge in [0.2, 0.25) is 0 Å². The standard InChI is InChI=1S/C32H20F4N2O6S.C2H6/c33-22-15-13-19(14-16-22)18-38-30(39)24-25(31(38)40)29(43-27(20-8-3-1-4-9-20)21-10-5-2-6-11-21)26-23(12-7-17-37-26)28(24)44-45(41,42)32(34,35)36;1-2/h1-17,27H,18H2;1-2H3. The van der Waals surface area contributed by atoms with E-state index < -0.39 is 62.8 Å². The van der Waals surface area contributed by atoms with Gasteiger partial charge in [0.05, 0.1) is 6.54 Å². The van der Waals surface area contributed by atoms with Crippen molar-refractivity contribution in [3.05, 3.63) is 137 Å². The molecule has 47 heavy (non-hydrogen) atoms. The van der Waals surface area contributed by atoms with E-state index in [2.05, 4.69) is 9.17 Å². The molecule has 0 aliphatic carbocycles. The first kappa shape index (κ1) is 33.1. The molecule has 242 valence electrons. The number of halogens is 4. The molecule has 4 aromatic carbocycles. The third-order valence-electron chi connectivity index (χ3n) is 7.06. The maximum Gasteiger partial charge on any atom is 0.534 e. The highest BCUT2D eigenvalue weighted by Gasteiger charge is 2.51. The second kappa shape index (κ2) is 13.2. The Bertz CT molecular complexity index is 2000. The van der Waals surface area contributed by atoms with Crippen LogP contribution in [0.5, 0.6) is 11.5 Å². The Kier molecular flexibility index (Phi) is 9.29. The van der Waals surface area contributed by atoms with E-state index in [0.29, 0.717) is 21.6 Å².